The molecule has 0 saturated carbocycles. The summed E-state index contributed by atoms with van der Waals surface area (Å²) >= 11 is 1.65. The third-order valence-electron chi connectivity index (χ3n) is 2.60. The molecule has 0 radical (unpaired) electrons. The van der Waals surface area contributed by atoms with Gasteiger partial charge in [-0.2, -0.15) is 0 Å². The van der Waals surface area contributed by atoms with Crippen molar-refractivity contribution < 1.29 is 9.18 Å². The molecule has 0 spiro atoms. The molecule has 0 heterocycles. The number of nitrogens with one attached hydrogen (secondary N) is 1. The predicted molar refractivity (Wildman–Crippen MR) is 81.8 cm³/mol. The minimum absolute atomic E-state index is 0.180. The second kappa shape index (κ2) is 6.57. The molecule has 0 aliphatic heterocycles. The number of hydrogen-bond donors (Lipinski definition) is 1. The number of halogens is 1. The molecule has 104 valence electrons. The van der Waals surface area contributed by atoms with Crippen molar-refractivity contribution in [1.82, 2.24) is 0 Å². The van der Waals surface area contributed by atoms with Gasteiger partial charge in [0.1, 0.15) is 5.82 Å². The van der Waals surface area contributed by atoms with Gasteiger partial charge < -0.3 is 5.32 Å². The lowest BCUT2D eigenvalue weighted by atomic mass is 10.2. The number of amides is 1. The maximum Gasteiger partial charge on any atom is 0.256 e. The number of thioether (sulfide) groups is 1. The molecule has 0 saturated heterocycles. The van der Waals surface area contributed by atoms with E-state index >= 15 is 0 Å². The van der Waals surface area contributed by atoms with Crippen LogP contribution in [0.1, 0.15) is 24.2 Å². The number of benzene rings is 2. The molecule has 20 heavy (non-hydrogen) atoms. The Bertz CT molecular complexity index is 596. The van der Waals surface area contributed by atoms with Gasteiger partial charge in [-0.3, -0.25) is 4.79 Å². The third kappa shape index (κ3) is 3.84. The quantitative estimate of drug-likeness (QED) is 0.835. The lowest BCUT2D eigenvalue weighted by Crippen LogP contribution is -2.13. The summed E-state index contributed by atoms with van der Waals surface area (Å²) in [5.41, 5.74) is 1.22. The van der Waals surface area contributed by atoms with Gasteiger partial charge in [0.25, 0.3) is 5.91 Å². The second-order valence-electron chi connectivity index (χ2n) is 4.62. The van der Waals surface area contributed by atoms with Crippen molar-refractivity contribution in [3.8, 4) is 0 Å². The van der Waals surface area contributed by atoms with Crippen LogP contribution in [-0.4, -0.2) is 11.2 Å². The maximum absolute atomic E-state index is 12.8. The van der Waals surface area contributed by atoms with E-state index in [1.807, 2.05) is 18.2 Å². The number of hydrogen-bond acceptors (Lipinski definition) is 2. The summed E-state index contributed by atoms with van der Waals surface area (Å²) in [4.78, 5) is 13.2. The summed E-state index contributed by atoms with van der Waals surface area (Å²) < 4.78 is 12.8. The summed E-state index contributed by atoms with van der Waals surface area (Å²) in [6, 6.07) is 13.2. The van der Waals surface area contributed by atoms with Gasteiger partial charge in [0.2, 0.25) is 0 Å². The molecule has 2 aromatic rings. The Labute approximate surface area is 122 Å². The molecular formula is C16H16FNOS. The summed E-state index contributed by atoms with van der Waals surface area (Å²) in [5, 5.41) is 3.18. The predicted octanol–water partition coefficient (Wildman–Crippen LogP) is 4.58. The minimum Gasteiger partial charge on any atom is -0.322 e. The van der Waals surface area contributed by atoms with Crippen LogP contribution < -0.4 is 5.32 Å². The van der Waals surface area contributed by atoms with Crippen LogP contribution in [0.25, 0.3) is 0 Å². The molecule has 0 aromatic heterocycles. The first-order valence-electron chi connectivity index (χ1n) is 6.39. The van der Waals surface area contributed by atoms with E-state index in [1.165, 1.54) is 12.1 Å². The summed E-state index contributed by atoms with van der Waals surface area (Å²) in [5.74, 6) is -0.501. The Kier molecular flexibility index (Phi) is 4.79. The summed E-state index contributed by atoms with van der Waals surface area (Å²) in [7, 11) is 0. The highest BCUT2D eigenvalue weighted by atomic mass is 32.2. The van der Waals surface area contributed by atoms with E-state index in [4.69, 9.17) is 0 Å². The van der Waals surface area contributed by atoms with Gasteiger partial charge in [-0.25, -0.2) is 4.39 Å². The molecule has 2 nitrogen and oxygen atoms in total. The van der Waals surface area contributed by atoms with Crippen LogP contribution in [0.15, 0.2) is 53.4 Å². The number of carbonyl (C=O) groups excluding carboxylic acids is 1. The second-order valence-corrected chi connectivity index (χ2v) is 6.24. The monoisotopic (exact) mass is 289 g/mol. The maximum atomic E-state index is 12.8. The Hall–Kier alpha value is -1.81. The molecule has 0 fully saturated rings. The smallest absolute Gasteiger partial charge is 0.256 e. The fourth-order valence-electron chi connectivity index (χ4n) is 1.74. The zero-order chi connectivity index (χ0) is 14.5. The summed E-state index contributed by atoms with van der Waals surface area (Å²) in [6.45, 7) is 4.17. The van der Waals surface area contributed by atoms with E-state index in [0.29, 0.717) is 16.5 Å². The first kappa shape index (κ1) is 14.6. The molecule has 1 amide bonds. The van der Waals surface area contributed by atoms with Crippen molar-refractivity contribution in [2.45, 2.75) is 24.0 Å². The van der Waals surface area contributed by atoms with Crippen LogP contribution in [0.5, 0.6) is 0 Å². The highest BCUT2D eigenvalue weighted by Crippen LogP contribution is 2.27. The normalized spacial score (nSPS) is 10.6. The van der Waals surface area contributed by atoms with Gasteiger partial charge in [0.15, 0.2) is 0 Å². The van der Waals surface area contributed by atoms with Crippen LogP contribution in [-0.2, 0) is 0 Å². The Balaban J connectivity index is 2.18. The van der Waals surface area contributed by atoms with E-state index in [-0.39, 0.29) is 11.7 Å². The first-order chi connectivity index (χ1) is 9.56. The van der Waals surface area contributed by atoms with Gasteiger partial charge in [-0.05, 0) is 36.4 Å². The molecular weight excluding hydrogens is 273 g/mol. The molecule has 2 rings (SSSR count). The Morgan fingerprint density at radius 2 is 1.75 bits per heavy atom. The zero-order valence-electron chi connectivity index (χ0n) is 11.4. The van der Waals surface area contributed by atoms with Gasteiger partial charge in [0.05, 0.1) is 5.56 Å². The van der Waals surface area contributed by atoms with Crippen LogP contribution in [0.4, 0.5) is 10.1 Å². The van der Waals surface area contributed by atoms with Gasteiger partial charge >= 0.3 is 0 Å². The summed E-state index contributed by atoms with van der Waals surface area (Å²) in [6.07, 6.45) is 0. The van der Waals surface area contributed by atoms with E-state index in [2.05, 4.69) is 19.2 Å². The molecule has 0 bridgehead atoms. The molecule has 2 aromatic carbocycles. The van der Waals surface area contributed by atoms with E-state index in [0.717, 1.165) is 4.90 Å². The van der Waals surface area contributed by atoms with Crippen LogP contribution >= 0.6 is 11.8 Å². The van der Waals surface area contributed by atoms with E-state index < -0.39 is 0 Å². The third-order valence-corrected chi connectivity index (χ3v) is 3.68. The molecule has 0 aliphatic carbocycles. The van der Waals surface area contributed by atoms with Gasteiger partial charge in [0, 0.05) is 15.8 Å². The van der Waals surface area contributed by atoms with Crippen molar-refractivity contribution in [2.24, 2.45) is 0 Å². The fraction of sp³-hybridized carbons (Fsp3) is 0.188. The van der Waals surface area contributed by atoms with Gasteiger partial charge in [-0.15, -0.1) is 11.8 Å². The average Bonchev–Trinajstić information content (AvgIpc) is 2.41. The molecule has 4 heteroatoms. The standard InChI is InChI=1S/C16H16FNOS/c1-11(2)20-15-6-4-3-5-14(15)16(19)18-13-9-7-12(17)8-10-13/h3-11H,1-2H3,(H,18,19). The largest absolute Gasteiger partial charge is 0.322 e. The van der Waals surface area contributed by atoms with E-state index in [9.17, 15) is 9.18 Å². The molecule has 0 atom stereocenters. The molecule has 0 aliphatic rings. The van der Waals surface area contributed by atoms with Crippen LogP contribution in [0.2, 0.25) is 0 Å². The first-order valence-corrected chi connectivity index (χ1v) is 7.27. The van der Waals surface area contributed by atoms with Crippen molar-refractivity contribution in [3.05, 3.63) is 59.9 Å². The lowest BCUT2D eigenvalue weighted by Gasteiger charge is -2.11. The lowest BCUT2D eigenvalue weighted by molar-refractivity contribution is 0.102. The Morgan fingerprint density at radius 1 is 1.10 bits per heavy atom. The van der Waals surface area contributed by atoms with Gasteiger partial charge in [-0.1, -0.05) is 26.0 Å². The molecule has 0 unspecified atom stereocenters. The zero-order valence-corrected chi connectivity index (χ0v) is 12.2. The topological polar surface area (TPSA) is 29.1 Å². The average molecular weight is 289 g/mol. The van der Waals surface area contributed by atoms with Crippen molar-refractivity contribution in [1.29, 1.82) is 0 Å². The van der Waals surface area contributed by atoms with Crippen LogP contribution in [0.3, 0.4) is 0 Å². The highest BCUT2D eigenvalue weighted by Gasteiger charge is 2.12. The van der Waals surface area contributed by atoms with Crippen molar-refractivity contribution in [3.63, 3.8) is 0 Å². The fourth-order valence-corrected chi connectivity index (χ4v) is 2.70. The number of anilines is 1. The van der Waals surface area contributed by atoms with Crippen molar-refractivity contribution >= 4 is 23.4 Å². The molecule has 1 N–H and O–H groups in total. The Morgan fingerprint density at radius 3 is 2.40 bits per heavy atom. The van der Waals surface area contributed by atoms with E-state index in [1.54, 1.807) is 30.0 Å². The van der Waals surface area contributed by atoms with Crippen LogP contribution in [0, 0.1) is 5.82 Å². The SMILES string of the molecule is CC(C)Sc1ccccc1C(=O)Nc1ccc(F)cc1. The highest BCUT2D eigenvalue weighted by molar-refractivity contribution is 8.00. The minimum atomic E-state index is -0.321. The van der Waals surface area contributed by atoms with Crippen molar-refractivity contribution in [2.75, 3.05) is 5.32 Å². The number of carbonyl (C=O) groups is 1. The number of rotatable bonds is 4.